The van der Waals surface area contributed by atoms with Gasteiger partial charge >= 0.3 is 0 Å². The van der Waals surface area contributed by atoms with Gasteiger partial charge in [-0.15, -0.1) is 0 Å². The van der Waals surface area contributed by atoms with Crippen LogP contribution in [0.15, 0.2) is 23.4 Å². The Labute approximate surface area is 117 Å². The number of hydrogen-bond acceptors (Lipinski definition) is 2. The minimum absolute atomic E-state index is 0.0144. The standard InChI is InChI=1S/C16H26N2O/c1-12-9-13(2)16(19)18(14(3)10-12)11-15(4)17-7-5-6-8-17/h9-10,13,15H,5-8,11H2,1-4H3/t13-,15-/m1/s1. The van der Waals surface area contributed by atoms with Crippen LogP contribution in [0.25, 0.3) is 0 Å². The first kappa shape index (κ1) is 14.3. The Morgan fingerprint density at radius 2 is 1.95 bits per heavy atom. The lowest BCUT2D eigenvalue weighted by Gasteiger charge is -2.31. The van der Waals surface area contributed by atoms with Gasteiger partial charge in [0.2, 0.25) is 5.91 Å². The Morgan fingerprint density at radius 1 is 1.32 bits per heavy atom. The van der Waals surface area contributed by atoms with E-state index in [0.717, 1.165) is 12.2 Å². The summed E-state index contributed by atoms with van der Waals surface area (Å²) >= 11 is 0. The molecule has 3 nitrogen and oxygen atoms in total. The van der Waals surface area contributed by atoms with Crippen molar-refractivity contribution in [3.05, 3.63) is 23.4 Å². The first-order valence-electron chi connectivity index (χ1n) is 7.41. The summed E-state index contributed by atoms with van der Waals surface area (Å²) in [5.41, 5.74) is 2.27. The molecule has 2 atom stereocenters. The molecule has 3 heteroatoms. The summed E-state index contributed by atoms with van der Waals surface area (Å²) in [7, 11) is 0. The topological polar surface area (TPSA) is 23.6 Å². The van der Waals surface area contributed by atoms with Crippen LogP contribution in [0, 0.1) is 5.92 Å². The summed E-state index contributed by atoms with van der Waals surface area (Å²) in [6.07, 6.45) is 6.78. The average molecular weight is 262 g/mol. The minimum atomic E-state index is -0.0144. The van der Waals surface area contributed by atoms with Crippen molar-refractivity contribution in [3.8, 4) is 0 Å². The number of carbonyl (C=O) groups is 1. The van der Waals surface area contributed by atoms with Gasteiger partial charge in [0, 0.05) is 18.3 Å². The fraction of sp³-hybridized carbons (Fsp3) is 0.688. The third kappa shape index (κ3) is 3.27. The second kappa shape index (κ2) is 5.91. The molecule has 0 aliphatic carbocycles. The van der Waals surface area contributed by atoms with Gasteiger partial charge in [0.1, 0.15) is 0 Å². The third-order valence-corrected chi connectivity index (χ3v) is 4.24. The second-order valence-electron chi connectivity index (χ2n) is 6.03. The van der Waals surface area contributed by atoms with E-state index in [4.69, 9.17) is 0 Å². The molecule has 0 bridgehead atoms. The number of carbonyl (C=O) groups excluding carboxylic acids is 1. The van der Waals surface area contributed by atoms with Crippen LogP contribution in [0.2, 0.25) is 0 Å². The zero-order valence-electron chi connectivity index (χ0n) is 12.6. The van der Waals surface area contributed by atoms with E-state index in [2.05, 4.69) is 30.9 Å². The van der Waals surface area contributed by atoms with Crippen LogP contribution < -0.4 is 0 Å². The van der Waals surface area contributed by atoms with Crippen molar-refractivity contribution < 1.29 is 4.79 Å². The maximum atomic E-state index is 12.5. The van der Waals surface area contributed by atoms with Crippen LogP contribution in [0.4, 0.5) is 0 Å². The number of amides is 1. The highest BCUT2D eigenvalue weighted by atomic mass is 16.2. The molecule has 0 N–H and O–H groups in total. The largest absolute Gasteiger partial charge is 0.314 e. The molecule has 0 spiro atoms. The monoisotopic (exact) mass is 262 g/mol. The van der Waals surface area contributed by atoms with Gasteiger partial charge in [-0.1, -0.05) is 18.6 Å². The van der Waals surface area contributed by atoms with E-state index in [1.54, 1.807) is 0 Å². The molecule has 106 valence electrons. The molecule has 2 heterocycles. The van der Waals surface area contributed by atoms with E-state index in [0.29, 0.717) is 6.04 Å². The summed E-state index contributed by atoms with van der Waals surface area (Å²) in [4.78, 5) is 16.9. The smallest absolute Gasteiger partial charge is 0.233 e. The number of nitrogens with zero attached hydrogens (tertiary/aromatic N) is 2. The van der Waals surface area contributed by atoms with Crippen LogP contribution >= 0.6 is 0 Å². The number of likely N-dealkylation sites (tertiary alicyclic amines) is 1. The predicted octanol–water partition coefficient (Wildman–Crippen LogP) is 2.80. The van der Waals surface area contributed by atoms with Gasteiger partial charge in [-0.25, -0.2) is 0 Å². The predicted molar refractivity (Wildman–Crippen MR) is 78.7 cm³/mol. The van der Waals surface area contributed by atoms with Crippen molar-refractivity contribution in [3.63, 3.8) is 0 Å². The van der Waals surface area contributed by atoms with Gasteiger partial charge in [0.15, 0.2) is 0 Å². The van der Waals surface area contributed by atoms with E-state index in [9.17, 15) is 4.79 Å². The number of rotatable bonds is 3. The van der Waals surface area contributed by atoms with E-state index in [1.807, 2.05) is 18.7 Å². The highest BCUT2D eigenvalue weighted by Crippen LogP contribution is 2.21. The van der Waals surface area contributed by atoms with Gasteiger partial charge in [0.05, 0.1) is 5.92 Å². The zero-order chi connectivity index (χ0) is 14.0. The second-order valence-corrected chi connectivity index (χ2v) is 6.03. The molecule has 2 rings (SSSR count). The molecule has 2 aliphatic heterocycles. The van der Waals surface area contributed by atoms with Crippen LogP contribution in [0.5, 0.6) is 0 Å². The van der Waals surface area contributed by atoms with Gasteiger partial charge < -0.3 is 4.90 Å². The molecular formula is C16H26N2O. The van der Waals surface area contributed by atoms with Gasteiger partial charge in [-0.3, -0.25) is 9.69 Å². The molecule has 19 heavy (non-hydrogen) atoms. The molecule has 1 amide bonds. The molecule has 0 aromatic carbocycles. The maximum absolute atomic E-state index is 12.5. The maximum Gasteiger partial charge on any atom is 0.233 e. The van der Waals surface area contributed by atoms with Crippen LogP contribution in [0.1, 0.15) is 40.5 Å². The number of allylic oxidation sites excluding steroid dienone is 3. The third-order valence-electron chi connectivity index (χ3n) is 4.24. The minimum Gasteiger partial charge on any atom is -0.314 e. The Hall–Kier alpha value is -1.09. The molecular weight excluding hydrogens is 236 g/mol. The van der Waals surface area contributed by atoms with Crippen molar-refractivity contribution in [2.75, 3.05) is 19.6 Å². The molecule has 0 radical (unpaired) electrons. The van der Waals surface area contributed by atoms with E-state index in [1.165, 1.54) is 31.5 Å². The van der Waals surface area contributed by atoms with Gasteiger partial charge in [-0.2, -0.15) is 0 Å². The van der Waals surface area contributed by atoms with Crippen LogP contribution in [-0.2, 0) is 4.79 Å². The Balaban J connectivity index is 2.09. The summed E-state index contributed by atoms with van der Waals surface area (Å²) in [6, 6.07) is 0.445. The summed E-state index contributed by atoms with van der Waals surface area (Å²) in [5.74, 6) is 0.219. The highest BCUT2D eigenvalue weighted by molar-refractivity contribution is 5.82. The molecule has 1 fully saturated rings. The lowest BCUT2D eigenvalue weighted by molar-refractivity contribution is -0.132. The first-order valence-corrected chi connectivity index (χ1v) is 7.41. The van der Waals surface area contributed by atoms with Crippen molar-refractivity contribution in [1.82, 2.24) is 9.80 Å². The van der Waals surface area contributed by atoms with Gasteiger partial charge in [0.25, 0.3) is 0 Å². The molecule has 1 saturated heterocycles. The SMILES string of the molecule is CC1=C[C@@H](C)C(=O)N(C[C@@H](C)N2CCCC2)C(C)=C1. The first-order chi connectivity index (χ1) is 8.99. The van der Waals surface area contributed by atoms with Crippen molar-refractivity contribution in [2.45, 2.75) is 46.6 Å². The summed E-state index contributed by atoms with van der Waals surface area (Å²) in [6.45, 7) is 11.5. The quantitative estimate of drug-likeness (QED) is 0.781. The van der Waals surface area contributed by atoms with Crippen LogP contribution in [-0.4, -0.2) is 41.4 Å². The lowest BCUT2D eigenvalue weighted by Crippen LogP contribution is -2.43. The molecule has 0 aromatic heterocycles. The van der Waals surface area contributed by atoms with E-state index >= 15 is 0 Å². The highest BCUT2D eigenvalue weighted by Gasteiger charge is 2.27. The fourth-order valence-electron chi connectivity index (χ4n) is 3.14. The van der Waals surface area contributed by atoms with Crippen molar-refractivity contribution in [1.29, 1.82) is 0 Å². The average Bonchev–Trinajstić information content (AvgIpc) is 2.85. The normalized spacial score (nSPS) is 27.1. The molecule has 0 saturated carbocycles. The zero-order valence-corrected chi connectivity index (χ0v) is 12.6. The van der Waals surface area contributed by atoms with Crippen molar-refractivity contribution >= 4 is 5.91 Å². The molecule has 0 unspecified atom stereocenters. The van der Waals surface area contributed by atoms with Crippen molar-refractivity contribution in [2.24, 2.45) is 5.92 Å². The van der Waals surface area contributed by atoms with Crippen LogP contribution in [0.3, 0.4) is 0 Å². The number of hydrogen-bond donors (Lipinski definition) is 0. The van der Waals surface area contributed by atoms with Gasteiger partial charge in [-0.05, 0) is 52.8 Å². The van der Waals surface area contributed by atoms with E-state index in [-0.39, 0.29) is 11.8 Å². The Morgan fingerprint density at radius 3 is 2.58 bits per heavy atom. The Kier molecular flexibility index (Phi) is 4.46. The summed E-state index contributed by atoms with van der Waals surface area (Å²) in [5, 5.41) is 0. The summed E-state index contributed by atoms with van der Waals surface area (Å²) < 4.78 is 0. The lowest BCUT2D eigenvalue weighted by atomic mass is 10.1. The fourth-order valence-corrected chi connectivity index (χ4v) is 3.14. The molecule has 2 aliphatic rings. The Bertz CT molecular complexity index is 405. The molecule has 0 aromatic rings. The van der Waals surface area contributed by atoms with E-state index < -0.39 is 0 Å².